The van der Waals surface area contributed by atoms with Crippen molar-refractivity contribution in [3.05, 3.63) is 35.5 Å². The van der Waals surface area contributed by atoms with Gasteiger partial charge in [-0.25, -0.2) is 8.78 Å². The van der Waals surface area contributed by atoms with E-state index in [4.69, 9.17) is 5.73 Å². The second-order valence-electron chi connectivity index (χ2n) is 3.25. The molecule has 0 fully saturated rings. The minimum atomic E-state index is -0.658. The van der Waals surface area contributed by atoms with E-state index in [2.05, 4.69) is 10.2 Å². The van der Waals surface area contributed by atoms with Crippen molar-refractivity contribution in [1.29, 1.82) is 0 Å². The summed E-state index contributed by atoms with van der Waals surface area (Å²) in [6.07, 6.45) is 1.32. The number of rotatable bonds is 1. The third-order valence-electron chi connectivity index (χ3n) is 2.20. The summed E-state index contributed by atoms with van der Waals surface area (Å²) in [4.78, 5) is 0. The highest BCUT2D eigenvalue weighted by Gasteiger charge is 2.16. The van der Waals surface area contributed by atoms with Crippen molar-refractivity contribution in [2.75, 3.05) is 5.73 Å². The zero-order valence-corrected chi connectivity index (χ0v) is 8.01. The standard InChI is InChI=1S/C10H9F2N3/c1-5-2-3-6(11)8(9(5)12)10-7(13)4-14-15-10/h2-4H,13H2,1H3,(H,14,15). The van der Waals surface area contributed by atoms with Gasteiger partial charge in [0.05, 0.1) is 23.1 Å². The number of hydrogen-bond acceptors (Lipinski definition) is 2. The maximum absolute atomic E-state index is 13.7. The van der Waals surface area contributed by atoms with Crippen molar-refractivity contribution in [2.45, 2.75) is 6.92 Å². The third kappa shape index (κ3) is 1.45. The van der Waals surface area contributed by atoms with Gasteiger partial charge in [-0.1, -0.05) is 6.07 Å². The molecule has 78 valence electrons. The molecule has 0 unspecified atom stereocenters. The number of benzene rings is 1. The van der Waals surface area contributed by atoms with Crippen molar-refractivity contribution in [1.82, 2.24) is 10.2 Å². The van der Waals surface area contributed by atoms with Crippen LogP contribution in [0.2, 0.25) is 0 Å². The molecule has 0 radical (unpaired) electrons. The summed E-state index contributed by atoms with van der Waals surface area (Å²) in [6, 6.07) is 2.58. The number of hydrogen-bond donors (Lipinski definition) is 2. The molecule has 1 aromatic carbocycles. The Morgan fingerprint density at radius 3 is 2.67 bits per heavy atom. The smallest absolute Gasteiger partial charge is 0.138 e. The summed E-state index contributed by atoms with van der Waals surface area (Å²) >= 11 is 0. The minimum Gasteiger partial charge on any atom is -0.396 e. The number of aryl methyl sites for hydroxylation is 1. The molecular weight excluding hydrogens is 200 g/mol. The number of nitrogens with zero attached hydrogens (tertiary/aromatic N) is 1. The van der Waals surface area contributed by atoms with Crippen LogP contribution in [0.15, 0.2) is 18.3 Å². The lowest BCUT2D eigenvalue weighted by molar-refractivity contribution is 0.583. The molecule has 0 bridgehead atoms. The predicted molar refractivity (Wildman–Crippen MR) is 53.1 cm³/mol. The first-order valence-corrected chi connectivity index (χ1v) is 4.35. The van der Waals surface area contributed by atoms with Crippen molar-refractivity contribution in [3.63, 3.8) is 0 Å². The van der Waals surface area contributed by atoms with Crippen molar-refractivity contribution < 1.29 is 8.78 Å². The van der Waals surface area contributed by atoms with Gasteiger partial charge in [0, 0.05) is 0 Å². The number of nitrogens with two attached hydrogens (primary N) is 1. The van der Waals surface area contributed by atoms with Gasteiger partial charge >= 0.3 is 0 Å². The molecule has 0 aliphatic carbocycles. The van der Waals surface area contributed by atoms with Gasteiger partial charge < -0.3 is 5.73 Å². The first-order chi connectivity index (χ1) is 7.11. The summed E-state index contributed by atoms with van der Waals surface area (Å²) in [5.74, 6) is -1.28. The van der Waals surface area contributed by atoms with E-state index in [-0.39, 0.29) is 16.9 Å². The van der Waals surface area contributed by atoms with Gasteiger partial charge in [0.2, 0.25) is 0 Å². The fraction of sp³-hybridized carbons (Fsp3) is 0.100. The number of halogens is 2. The van der Waals surface area contributed by atoms with Crippen molar-refractivity contribution in [2.24, 2.45) is 0 Å². The average molecular weight is 209 g/mol. The number of H-pyrrole nitrogens is 1. The minimum absolute atomic E-state index is 0.162. The van der Waals surface area contributed by atoms with E-state index in [0.717, 1.165) is 0 Å². The molecule has 0 saturated heterocycles. The van der Waals surface area contributed by atoms with E-state index in [1.807, 2.05) is 0 Å². The zero-order chi connectivity index (χ0) is 11.0. The second-order valence-corrected chi connectivity index (χ2v) is 3.25. The highest BCUT2D eigenvalue weighted by molar-refractivity contribution is 5.73. The molecule has 0 aliphatic heterocycles. The zero-order valence-electron chi connectivity index (χ0n) is 8.01. The van der Waals surface area contributed by atoms with Crippen molar-refractivity contribution in [3.8, 4) is 11.3 Å². The first-order valence-electron chi connectivity index (χ1n) is 4.35. The van der Waals surface area contributed by atoms with E-state index >= 15 is 0 Å². The fourth-order valence-electron chi connectivity index (χ4n) is 1.38. The first kappa shape index (κ1) is 9.64. The summed E-state index contributed by atoms with van der Waals surface area (Å²) in [7, 11) is 0. The van der Waals surface area contributed by atoms with Crippen LogP contribution in [-0.4, -0.2) is 10.2 Å². The molecule has 0 amide bonds. The molecule has 0 atom stereocenters. The molecule has 1 aromatic heterocycles. The summed E-state index contributed by atoms with van der Waals surface area (Å²) in [5, 5.41) is 6.10. The van der Waals surface area contributed by atoms with E-state index in [1.54, 1.807) is 6.92 Å². The quantitative estimate of drug-likeness (QED) is 0.756. The third-order valence-corrected chi connectivity index (χ3v) is 2.20. The molecular formula is C10H9F2N3. The Balaban J connectivity index is 2.72. The largest absolute Gasteiger partial charge is 0.396 e. The Kier molecular flexibility index (Phi) is 2.15. The fourth-order valence-corrected chi connectivity index (χ4v) is 1.38. The average Bonchev–Trinajstić information content (AvgIpc) is 2.60. The number of aromatic nitrogens is 2. The predicted octanol–water partition coefficient (Wildman–Crippen LogP) is 2.25. The van der Waals surface area contributed by atoms with Crippen LogP contribution in [0.5, 0.6) is 0 Å². The van der Waals surface area contributed by atoms with Crippen LogP contribution in [-0.2, 0) is 0 Å². The van der Waals surface area contributed by atoms with E-state index in [0.29, 0.717) is 5.56 Å². The SMILES string of the molecule is Cc1ccc(F)c(-c2[nH]ncc2N)c1F. The van der Waals surface area contributed by atoms with Gasteiger partial charge in [0.15, 0.2) is 0 Å². The topological polar surface area (TPSA) is 54.7 Å². The number of nitrogen functional groups attached to an aromatic ring is 1. The Hall–Kier alpha value is -1.91. The molecule has 0 aliphatic rings. The lowest BCUT2D eigenvalue weighted by Crippen LogP contribution is -1.96. The van der Waals surface area contributed by atoms with Crippen LogP contribution >= 0.6 is 0 Å². The van der Waals surface area contributed by atoms with Gasteiger partial charge in [-0.05, 0) is 18.6 Å². The monoisotopic (exact) mass is 209 g/mol. The van der Waals surface area contributed by atoms with Gasteiger partial charge in [0.1, 0.15) is 11.6 Å². The van der Waals surface area contributed by atoms with Crippen LogP contribution in [0.3, 0.4) is 0 Å². The van der Waals surface area contributed by atoms with Gasteiger partial charge in [-0.15, -0.1) is 0 Å². The number of anilines is 1. The highest BCUT2D eigenvalue weighted by Crippen LogP contribution is 2.29. The maximum Gasteiger partial charge on any atom is 0.138 e. The Bertz CT molecular complexity index is 505. The van der Waals surface area contributed by atoms with Crippen LogP contribution in [0.1, 0.15) is 5.56 Å². The Morgan fingerprint density at radius 1 is 1.33 bits per heavy atom. The lowest BCUT2D eigenvalue weighted by atomic mass is 10.1. The van der Waals surface area contributed by atoms with Crippen molar-refractivity contribution >= 4 is 5.69 Å². The number of aromatic amines is 1. The normalized spacial score (nSPS) is 10.6. The van der Waals surface area contributed by atoms with Crippen LogP contribution < -0.4 is 5.73 Å². The summed E-state index contributed by atoms with van der Waals surface area (Å²) < 4.78 is 27.1. The molecule has 15 heavy (non-hydrogen) atoms. The second kappa shape index (κ2) is 3.34. The lowest BCUT2D eigenvalue weighted by Gasteiger charge is -2.05. The summed E-state index contributed by atoms with van der Waals surface area (Å²) in [5.41, 5.74) is 6.13. The molecule has 3 N–H and O–H groups in total. The summed E-state index contributed by atoms with van der Waals surface area (Å²) in [6.45, 7) is 1.56. The molecule has 2 aromatic rings. The van der Waals surface area contributed by atoms with E-state index < -0.39 is 11.6 Å². The van der Waals surface area contributed by atoms with Gasteiger partial charge in [-0.3, -0.25) is 5.10 Å². The van der Waals surface area contributed by atoms with Gasteiger partial charge in [0.25, 0.3) is 0 Å². The van der Waals surface area contributed by atoms with Gasteiger partial charge in [-0.2, -0.15) is 5.10 Å². The number of nitrogens with one attached hydrogen (secondary N) is 1. The molecule has 3 nitrogen and oxygen atoms in total. The Labute approximate surface area is 84.9 Å². The molecule has 0 saturated carbocycles. The molecule has 5 heteroatoms. The maximum atomic E-state index is 13.7. The molecule has 1 heterocycles. The molecule has 2 rings (SSSR count). The van der Waals surface area contributed by atoms with Crippen LogP contribution in [0, 0.1) is 18.6 Å². The van der Waals surface area contributed by atoms with Crippen LogP contribution in [0.4, 0.5) is 14.5 Å². The molecule has 0 spiro atoms. The van der Waals surface area contributed by atoms with E-state index in [9.17, 15) is 8.78 Å². The van der Waals surface area contributed by atoms with Crippen LogP contribution in [0.25, 0.3) is 11.3 Å². The van der Waals surface area contributed by atoms with E-state index in [1.165, 1.54) is 18.3 Å². The Morgan fingerprint density at radius 2 is 2.07 bits per heavy atom. The highest BCUT2D eigenvalue weighted by atomic mass is 19.1.